The Hall–Kier alpha value is -0.220. The Kier molecular flexibility index (Phi) is 4.06. The Morgan fingerprint density at radius 3 is 2.77 bits per heavy atom. The third kappa shape index (κ3) is 3.56. The maximum atomic E-state index is 11.3. The second-order valence-electron chi connectivity index (χ2n) is 3.74. The maximum absolute atomic E-state index is 11.3. The predicted molar refractivity (Wildman–Crippen MR) is 56.8 cm³/mol. The van der Waals surface area contributed by atoms with Gasteiger partial charge in [0.25, 0.3) is 0 Å². The zero-order chi connectivity index (χ0) is 9.73. The van der Waals surface area contributed by atoms with Crippen molar-refractivity contribution in [1.82, 2.24) is 5.32 Å². The molecule has 0 bridgehead atoms. The molecule has 0 spiro atoms. The fourth-order valence-electron chi connectivity index (χ4n) is 1.48. The van der Waals surface area contributed by atoms with Crippen LogP contribution in [0.4, 0.5) is 0 Å². The number of hydrogen-bond donors (Lipinski definition) is 2. The highest BCUT2D eigenvalue weighted by atomic mass is 32.2. The minimum Gasteiger partial charge on any atom is -0.355 e. The fourth-order valence-corrected chi connectivity index (χ4v) is 1.79. The first-order valence-electron chi connectivity index (χ1n) is 4.71. The lowest BCUT2D eigenvalue weighted by atomic mass is 9.75. The summed E-state index contributed by atoms with van der Waals surface area (Å²) in [5.41, 5.74) is 5.76. The van der Waals surface area contributed by atoms with Crippen LogP contribution in [0.15, 0.2) is 0 Å². The normalized spacial score (nSPS) is 19.2. The van der Waals surface area contributed by atoms with E-state index < -0.39 is 0 Å². The van der Waals surface area contributed by atoms with Gasteiger partial charge in [0.05, 0.1) is 0 Å². The number of carbonyl (C=O) groups excluding carboxylic acids is 1. The summed E-state index contributed by atoms with van der Waals surface area (Å²) < 4.78 is 0. The maximum Gasteiger partial charge on any atom is 0.221 e. The molecular weight excluding hydrogens is 184 g/mol. The third-order valence-electron chi connectivity index (χ3n) is 2.49. The first-order chi connectivity index (χ1) is 6.16. The van der Waals surface area contributed by atoms with Gasteiger partial charge in [-0.05, 0) is 25.5 Å². The van der Waals surface area contributed by atoms with Crippen LogP contribution in [0.25, 0.3) is 0 Å². The summed E-state index contributed by atoms with van der Waals surface area (Å²) in [6, 6.07) is 0. The molecule has 1 aliphatic rings. The highest BCUT2D eigenvalue weighted by molar-refractivity contribution is 7.98. The van der Waals surface area contributed by atoms with Crippen molar-refractivity contribution >= 4 is 17.7 Å². The SMILES string of the molecule is CSCCNC(=O)CC1(N)CCC1. The van der Waals surface area contributed by atoms with Crippen LogP contribution in [0, 0.1) is 0 Å². The van der Waals surface area contributed by atoms with Gasteiger partial charge in [-0.1, -0.05) is 0 Å². The molecule has 13 heavy (non-hydrogen) atoms. The molecule has 0 aliphatic heterocycles. The molecule has 0 heterocycles. The van der Waals surface area contributed by atoms with Gasteiger partial charge in [-0.2, -0.15) is 11.8 Å². The Bertz CT molecular complexity index is 180. The zero-order valence-electron chi connectivity index (χ0n) is 8.14. The van der Waals surface area contributed by atoms with E-state index in [1.165, 1.54) is 6.42 Å². The van der Waals surface area contributed by atoms with Gasteiger partial charge >= 0.3 is 0 Å². The van der Waals surface area contributed by atoms with Crippen LogP contribution in [0.3, 0.4) is 0 Å². The molecule has 0 unspecified atom stereocenters. The fraction of sp³-hybridized carbons (Fsp3) is 0.889. The lowest BCUT2D eigenvalue weighted by Gasteiger charge is -2.37. The monoisotopic (exact) mass is 202 g/mol. The molecule has 0 atom stereocenters. The molecule has 0 aromatic heterocycles. The molecule has 76 valence electrons. The van der Waals surface area contributed by atoms with E-state index in [-0.39, 0.29) is 11.4 Å². The first kappa shape index (κ1) is 10.9. The van der Waals surface area contributed by atoms with Crippen molar-refractivity contribution in [1.29, 1.82) is 0 Å². The summed E-state index contributed by atoms with van der Waals surface area (Å²) in [6.07, 6.45) is 5.71. The first-order valence-corrected chi connectivity index (χ1v) is 6.10. The van der Waals surface area contributed by atoms with Gasteiger partial charge in [0.15, 0.2) is 0 Å². The standard InChI is InChI=1S/C9H18N2OS/c1-13-6-5-11-8(12)7-9(10)3-2-4-9/h2-7,10H2,1H3,(H,11,12). The summed E-state index contributed by atoms with van der Waals surface area (Å²) in [4.78, 5) is 11.3. The summed E-state index contributed by atoms with van der Waals surface area (Å²) in [6.45, 7) is 0.760. The smallest absolute Gasteiger partial charge is 0.221 e. The highest BCUT2D eigenvalue weighted by Crippen LogP contribution is 2.31. The number of hydrogen-bond acceptors (Lipinski definition) is 3. The minimum atomic E-state index is -0.177. The molecule has 0 aromatic rings. The molecule has 3 N–H and O–H groups in total. The van der Waals surface area contributed by atoms with E-state index in [1.54, 1.807) is 11.8 Å². The van der Waals surface area contributed by atoms with Gasteiger partial charge in [-0.15, -0.1) is 0 Å². The Morgan fingerprint density at radius 2 is 2.31 bits per heavy atom. The van der Waals surface area contributed by atoms with Crippen molar-refractivity contribution in [2.75, 3.05) is 18.6 Å². The molecular formula is C9H18N2OS. The summed E-state index contributed by atoms with van der Waals surface area (Å²) in [7, 11) is 0. The van der Waals surface area contributed by atoms with Crippen LogP contribution in [0.5, 0.6) is 0 Å². The molecule has 1 fully saturated rings. The lowest BCUT2D eigenvalue weighted by molar-refractivity contribution is -0.122. The highest BCUT2D eigenvalue weighted by Gasteiger charge is 2.34. The van der Waals surface area contributed by atoms with Crippen molar-refractivity contribution in [3.8, 4) is 0 Å². The molecule has 0 saturated heterocycles. The molecule has 1 aliphatic carbocycles. The van der Waals surface area contributed by atoms with Gasteiger partial charge in [-0.3, -0.25) is 4.79 Å². The molecule has 3 nitrogen and oxygen atoms in total. The van der Waals surface area contributed by atoms with Gasteiger partial charge < -0.3 is 11.1 Å². The Balaban J connectivity index is 2.10. The largest absolute Gasteiger partial charge is 0.355 e. The molecule has 1 rings (SSSR count). The van der Waals surface area contributed by atoms with Crippen LogP contribution in [0.2, 0.25) is 0 Å². The quantitative estimate of drug-likeness (QED) is 0.646. The molecule has 0 aromatic carbocycles. The number of nitrogens with one attached hydrogen (secondary N) is 1. The van der Waals surface area contributed by atoms with Gasteiger partial charge in [0.2, 0.25) is 5.91 Å². The molecule has 4 heteroatoms. The number of rotatable bonds is 5. The van der Waals surface area contributed by atoms with Gasteiger partial charge in [0, 0.05) is 24.3 Å². The number of thioether (sulfide) groups is 1. The van der Waals surface area contributed by atoms with Crippen LogP contribution >= 0.6 is 11.8 Å². The van der Waals surface area contributed by atoms with Crippen molar-refractivity contribution in [2.45, 2.75) is 31.2 Å². The summed E-state index contributed by atoms with van der Waals surface area (Å²) in [5.74, 6) is 1.08. The van der Waals surface area contributed by atoms with Crippen molar-refractivity contribution in [3.05, 3.63) is 0 Å². The minimum absolute atomic E-state index is 0.108. The third-order valence-corrected chi connectivity index (χ3v) is 3.10. The number of carbonyl (C=O) groups is 1. The molecule has 1 amide bonds. The van der Waals surface area contributed by atoms with E-state index in [0.717, 1.165) is 25.1 Å². The Labute approximate surface area is 83.8 Å². The summed E-state index contributed by atoms with van der Waals surface area (Å²) in [5, 5.41) is 2.87. The van der Waals surface area contributed by atoms with Crippen molar-refractivity contribution in [2.24, 2.45) is 5.73 Å². The lowest BCUT2D eigenvalue weighted by Crippen LogP contribution is -2.50. The number of amides is 1. The second kappa shape index (κ2) is 4.86. The number of nitrogens with two attached hydrogens (primary N) is 1. The molecule has 0 radical (unpaired) electrons. The van der Waals surface area contributed by atoms with Crippen LogP contribution in [-0.2, 0) is 4.79 Å². The van der Waals surface area contributed by atoms with Gasteiger partial charge in [0.1, 0.15) is 0 Å². The van der Waals surface area contributed by atoms with Crippen molar-refractivity contribution in [3.63, 3.8) is 0 Å². The van der Waals surface area contributed by atoms with E-state index in [2.05, 4.69) is 5.32 Å². The van der Waals surface area contributed by atoms with E-state index in [4.69, 9.17) is 5.73 Å². The van der Waals surface area contributed by atoms with Crippen LogP contribution < -0.4 is 11.1 Å². The topological polar surface area (TPSA) is 55.1 Å². The average Bonchev–Trinajstić information content (AvgIpc) is 2.02. The van der Waals surface area contributed by atoms with Crippen molar-refractivity contribution < 1.29 is 4.79 Å². The summed E-state index contributed by atoms with van der Waals surface area (Å²) >= 11 is 1.74. The van der Waals surface area contributed by atoms with Crippen LogP contribution in [0.1, 0.15) is 25.7 Å². The van der Waals surface area contributed by atoms with E-state index in [1.807, 2.05) is 6.26 Å². The van der Waals surface area contributed by atoms with Crippen LogP contribution in [-0.4, -0.2) is 30.0 Å². The van der Waals surface area contributed by atoms with Gasteiger partial charge in [-0.25, -0.2) is 0 Å². The molecule has 1 saturated carbocycles. The Morgan fingerprint density at radius 1 is 1.62 bits per heavy atom. The zero-order valence-corrected chi connectivity index (χ0v) is 8.95. The van der Waals surface area contributed by atoms with E-state index in [9.17, 15) is 4.79 Å². The predicted octanol–water partition coefficient (Wildman–Crippen LogP) is 0.737. The van der Waals surface area contributed by atoms with E-state index >= 15 is 0 Å². The second-order valence-corrected chi connectivity index (χ2v) is 4.72. The average molecular weight is 202 g/mol. The van der Waals surface area contributed by atoms with E-state index in [0.29, 0.717) is 6.42 Å².